The van der Waals surface area contributed by atoms with Crippen LogP contribution >= 0.6 is 11.3 Å². The lowest BCUT2D eigenvalue weighted by atomic mass is 10.1. The van der Waals surface area contributed by atoms with Crippen molar-refractivity contribution in [1.82, 2.24) is 9.88 Å². The van der Waals surface area contributed by atoms with Crippen molar-refractivity contribution in [2.24, 2.45) is 0 Å². The number of thiophene rings is 1. The Labute approximate surface area is 151 Å². The Morgan fingerprint density at radius 2 is 2.04 bits per heavy atom. The molecule has 4 rings (SSSR count). The Bertz CT molecular complexity index is 883. The van der Waals surface area contributed by atoms with E-state index in [2.05, 4.69) is 21.8 Å². The number of quaternary nitrogens is 1. The highest BCUT2D eigenvalue weighted by Gasteiger charge is 2.26. The van der Waals surface area contributed by atoms with Crippen LogP contribution in [0.3, 0.4) is 0 Å². The summed E-state index contributed by atoms with van der Waals surface area (Å²) in [6.45, 7) is 6.64. The van der Waals surface area contributed by atoms with Gasteiger partial charge in [0.25, 0.3) is 5.91 Å². The largest absolute Gasteiger partial charge is 0.328 e. The van der Waals surface area contributed by atoms with Crippen LogP contribution in [-0.4, -0.2) is 42.0 Å². The molecule has 0 unspecified atom stereocenters. The average Bonchev–Trinajstić information content (AvgIpc) is 3.14. The number of rotatable bonds is 3. The summed E-state index contributed by atoms with van der Waals surface area (Å²) in [5, 5.41) is 5.30. The SMILES string of the molecule is Cc1cc(C(=O)N2CC[NH+](Cc3ccsc3)CC2)c2ccccc2n1. The molecule has 25 heavy (non-hydrogen) atoms. The number of hydrogen-bond acceptors (Lipinski definition) is 3. The maximum atomic E-state index is 13.1. The van der Waals surface area contributed by atoms with Crippen LogP contribution < -0.4 is 4.90 Å². The minimum absolute atomic E-state index is 0.135. The third kappa shape index (κ3) is 3.43. The van der Waals surface area contributed by atoms with E-state index >= 15 is 0 Å². The summed E-state index contributed by atoms with van der Waals surface area (Å²) < 4.78 is 0. The zero-order valence-corrected chi connectivity index (χ0v) is 15.2. The van der Waals surface area contributed by atoms with Gasteiger partial charge in [0.2, 0.25) is 0 Å². The number of nitrogens with zero attached hydrogens (tertiary/aromatic N) is 2. The monoisotopic (exact) mass is 352 g/mol. The number of fused-ring (bicyclic) bond motifs is 1. The molecule has 3 aromatic rings. The normalized spacial score (nSPS) is 15.6. The summed E-state index contributed by atoms with van der Waals surface area (Å²) in [6, 6.07) is 12.0. The van der Waals surface area contributed by atoms with Gasteiger partial charge in [0.15, 0.2) is 0 Å². The highest BCUT2D eigenvalue weighted by atomic mass is 32.1. The molecule has 0 aliphatic carbocycles. The molecule has 5 heteroatoms. The minimum atomic E-state index is 0.135. The van der Waals surface area contributed by atoms with Gasteiger partial charge in [-0.2, -0.15) is 11.3 Å². The Balaban J connectivity index is 1.49. The molecule has 1 aromatic carbocycles. The molecule has 0 radical (unpaired) electrons. The molecule has 0 bridgehead atoms. The number of piperazine rings is 1. The zero-order chi connectivity index (χ0) is 17.2. The number of carbonyl (C=O) groups excluding carboxylic acids is 1. The second-order valence-corrected chi connectivity index (χ2v) is 7.46. The fourth-order valence-electron chi connectivity index (χ4n) is 3.54. The Hall–Kier alpha value is -2.24. The molecule has 1 aliphatic rings. The van der Waals surface area contributed by atoms with Gasteiger partial charge in [0.1, 0.15) is 6.54 Å². The van der Waals surface area contributed by atoms with Gasteiger partial charge in [-0.1, -0.05) is 18.2 Å². The van der Waals surface area contributed by atoms with E-state index in [1.165, 1.54) is 5.56 Å². The van der Waals surface area contributed by atoms with Crippen molar-refractivity contribution in [1.29, 1.82) is 0 Å². The fraction of sp³-hybridized carbons (Fsp3) is 0.300. The smallest absolute Gasteiger partial charge is 0.255 e. The van der Waals surface area contributed by atoms with E-state index in [1.54, 1.807) is 16.2 Å². The second kappa shape index (κ2) is 6.94. The molecule has 0 atom stereocenters. The molecular weight excluding hydrogens is 330 g/mol. The highest BCUT2D eigenvalue weighted by Crippen LogP contribution is 2.20. The van der Waals surface area contributed by atoms with Crippen molar-refractivity contribution in [3.63, 3.8) is 0 Å². The lowest BCUT2D eigenvalue weighted by Gasteiger charge is -2.32. The second-order valence-electron chi connectivity index (χ2n) is 6.68. The van der Waals surface area contributed by atoms with Crippen LogP contribution in [0.15, 0.2) is 47.2 Å². The molecular formula is C20H22N3OS+. The van der Waals surface area contributed by atoms with E-state index in [1.807, 2.05) is 42.2 Å². The Morgan fingerprint density at radius 1 is 1.24 bits per heavy atom. The molecule has 128 valence electrons. The summed E-state index contributed by atoms with van der Waals surface area (Å²) in [5.41, 5.74) is 3.97. The first-order chi connectivity index (χ1) is 12.2. The summed E-state index contributed by atoms with van der Waals surface area (Å²) in [7, 11) is 0. The van der Waals surface area contributed by atoms with Gasteiger partial charge >= 0.3 is 0 Å². The number of amides is 1. The first-order valence-corrected chi connectivity index (χ1v) is 9.65. The van der Waals surface area contributed by atoms with Crippen LogP contribution in [-0.2, 0) is 6.54 Å². The lowest BCUT2D eigenvalue weighted by molar-refractivity contribution is -0.917. The van der Waals surface area contributed by atoms with E-state index in [0.29, 0.717) is 0 Å². The summed E-state index contributed by atoms with van der Waals surface area (Å²) in [6.07, 6.45) is 0. The van der Waals surface area contributed by atoms with Gasteiger partial charge in [-0.3, -0.25) is 9.78 Å². The van der Waals surface area contributed by atoms with Gasteiger partial charge in [-0.15, -0.1) is 0 Å². The van der Waals surface area contributed by atoms with E-state index in [0.717, 1.165) is 54.9 Å². The maximum Gasteiger partial charge on any atom is 0.255 e. The molecule has 0 saturated carbocycles. The molecule has 0 spiro atoms. The van der Waals surface area contributed by atoms with E-state index in [-0.39, 0.29) is 5.91 Å². The number of aromatic nitrogens is 1. The molecule has 2 aromatic heterocycles. The van der Waals surface area contributed by atoms with E-state index < -0.39 is 0 Å². The van der Waals surface area contributed by atoms with Gasteiger partial charge in [0.05, 0.1) is 37.3 Å². The van der Waals surface area contributed by atoms with Crippen molar-refractivity contribution >= 4 is 28.1 Å². The minimum Gasteiger partial charge on any atom is -0.328 e. The first kappa shape index (κ1) is 16.2. The van der Waals surface area contributed by atoms with E-state index in [9.17, 15) is 4.79 Å². The number of hydrogen-bond donors (Lipinski definition) is 1. The summed E-state index contributed by atoms with van der Waals surface area (Å²) in [5.74, 6) is 0.135. The van der Waals surface area contributed by atoms with Crippen LogP contribution in [0.5, 0.6) is 0 Å². The third-order valence-electron chi connectivity index (χ3n) is 4.87. The number of benzene rings is 1. The fourth-order valence-corrected chi connectivity index (χ4v) is 4.21. The van der Waals surface area contributed by atoms with Crippen LogP contribution in [0.25, 0.3) is 10.9 Å². The van der Waals surface area contributed by atoms with E-state index in [4.69, 9.17) is 0 Å². The Morgan fingerprint density at radius 3 is 2.80 bits per heavy atom. The average molecular weight is 352 g/mol. The third-order valence-corrected chi connectivity index (χ3v) is 5.60. The number of carbonyl (C=O) groups is 1. The van der Waals surface area contributed by atoms with Crippen molar-refractivity contribution in [2.75, 3.05) is 26.2 Å². The van der Waals surface area contributed by atoms with Crippen molar-refractivity contribution in [3.05, 3.63) is 64.0 Å². The van der Waals surface area contributed by atoms with Crippen LogP contribution in [0.1, 0.15) is 21.6 Å². The highest BCUT2D eigenvalue weighted by molar-refractivity contribution is 7.07. The number of aryl methyl sites for hydroxylation is 1. The molecule has 1 aliphatic heterocycles. The first-order valence-electron chi connectivity index (χ1n) is 8.71. The maximum absolute atomic E-state index is 13.1. The lowest BCUT2D eigenvalue weighted by Crippen LogP contribution is -3.13. The number of para-hydroxylation sites is 1. The quantitative estimate of drug-likeness (QED) is 0.784. The van der Waals surface area contributed by atoms with Crippen LogP contribution in [0.4, 0.5) is 0 Å². The van der Waals surface area contributed by atoms with Gasteiger partial charge in [0, 0.05) is 16.6 Å². The van der Waals surface area contributed by atoms with Gasteiger partial charge in [-0.05, 0) is 35.9 Å². The molecule has 1 amide bonds. The molecule has 1 N–H and O–H groups in total. The topological polar surface area (TPSA) is 37.6 Å². The molecule has 1 saturated heterocycles. The predicted octanol–water partition coefficient (Wildman–Crippen LogP) is 2.15. The summed E-state index contributed by atoms with van der Waals surface area (Å²) in [4.78, 5) is 21.2. The zero-order valence-electron chi connectivity index (χ0n) is 14.4. The van der Waals surface area contributed by atoms with Gasteiger partial charge < -0.3 is 9.80 Å². The van der Waals surface area contributed by atoms with Crippen molar-refractivity contribution < 1.29 is 9.69 Å². The summed E-state index contributed by atoms with van der Waals surface area (Å²) >= 11 is 1.75. The molecule has 1 fully saturated rings. The van der Waals surface area contributed by atoms with Crippen molar-refractivity contribution in [2.45, 2.75) is 13.5 Å². The predicted molar refractivity (Wildman–Crippen MR) is 101 cm³/mol. The molecule has 3 heterocycles. The van der Waals surface area contributed by atoms with Crippen molar-refractivity contribution in [3.8, 4) is 0 Å². The standard InChI is InChI=1S/C20H21N3OS/c1-15-12-18(17-4-2-3-5-19(17)21-15)20(24)23-9-7-22(8-10-23)13-16-6-11-25-14-16/h2-6,11-12,14H,7-10,13H2,1H3/p+1. The van der Waals surface area contributed by atoms with Crippen LogP contribution in [0, 0.1) is 6.92 Å². The van der Waals surface area contributed by atoms with Crippen LogP contribution in [0.2, 0.25) is 0 Å². The van der Waals surface area contributed by atoms with Gasteiger partial charge in [-0.25, -0.2) is 0 Å². The number of pyridine rings is 1. The molecule has 4 nitrogen and oxygen atoms in total. The number of nitrogens with one attached hydrogen (secondary N) is 1. The Kier molecular flexibility index (Phi) is 4.51.